The van der Waals surface area contributed by atoms with Crippen LogP contribution in [0.5, 0.6) is 0 Å². The first-order valence-electron chi connectivity index (χ1n) is 5.77. The van der Waals surface area contributed by atoms with Gasteiger partial charge >= 0.3 is 5.97 Å². The first-order valence-corrected chi connectivity index (χ1v) is 5.77. The van der Waals surface area contributed by atoms with Gasteiger partial charge in [0.05, 0.1) is 18.1 Å². The standard InChI is InChI=1S/C13H16N2O2/c1-3-6-12-14-10-7-4-5-8-11(10)15(12)9-13(16)17-2/h4-5,7-8H,3,6,9H2,1-2H3. The third-order valence-electron chi connectivity index (χ3n) is 2.72. The molecule has 4 heteroatoms. The summed E-state index contributed by atoms with van der Waals surface area (Å²) in [5.41, 5.74) is 1.92. The van der Waals surface area contributed by atoms with Gasteiger partial charge in [0.15, 0.2) is 0 Å². The molecule has 0 atom stereocenters. The summed E-state index contributed by atoms with van der Waals surface area (Å²) in [5, 5.41) is 0. The zero-order valence-corrected chi connectivity index (χ0v) is 10.1. The molecule has 0 spiro atoms. The zero-order valence-electron chi connectivity index (χ0n) is 10.1. The molecule has 2 rings (SSSR count). The average molecular weight is 232 g/mol. The molecule has 0 bridgehead atoms. The second-order valence-electron chi connectivity index (χ2n) is 3.93. The largest absolute Gasteiger partial charge is 0.468 e. The molecule has 1 aromatic carbocycles. The Morgan fingerprint density at radius 3 is 2.88 bits per heavy atom. The lowest BCUT2D eigenvalue weighted by molar-refractivity contribution is -0.141. The quantitative estimate of drug-likeness (QED) is 0.759. The van der Waals surface area contributed by atoms with Gasteiger partial charge in [0.25, 0.3) is 0 Å². The van der Waals surface area contributed by atoms with Gasteiger partial charge in [-0.2, -0.15) is 0 Å². The number of hydrogen-bond acceptors (Lipinski definition) is 3. The molecule has 4 nitrogen and oxygen atoms in total. The van der Waals surface area contributed by atoms with E-state index in [2.05, 4.69) is 11.9 Å². The number of para-hydroxylation sites is 2. The van der Waals surface area contributed by atoms with E-state index >= 15 is 0 Å². The lowest BCUT2D eigenvalue weighted by atomic mass is 10.3. The molecule has 17 heavy (non-hydrogen) atoms. The van der Waals surface area contributed by atoms with Gasteiger partial charge < -0.3 is 9.30 Å². The fraction of sp³-hybridized carbons (Fsp3) is 0.385. The number of rotatable bonds is 4. The van der Waals surface area contributed by atoms with Crippen LogP contribution in [-0.2, 0) is 22.5 Å². The Labute approximate surface area is 100 Å². The number of benzene rings is 1. The van der Waals surface area contributed by atoms with Gasteiger partial charge in [-0.05, 0) is 18.6 Å². The summed E-state index contributed by atoms with van der Waals surface area (Å²) in [7, 11) is 1.40. The molecule has 1 heterocycles. The van der Waals surface area contributed by atoms with Crippen molar-refractivity contribution in [2.45, 2.75) is 26.3 Å². The molecular formula is C13H16N2O2. The number of nitrogens with zero attached hydrogens (tertiary/aromatic N) is 2. The number of carbonyl (C=O) groups is 1. The molecule has 0 aliphatic carbocycles. The summed E-state index contributed by atoms with van der Waals surface area (Å²) in [4.78, 5) is 16.0. The maximum atomic E-state index is 11.4. The molecule has 0 aliphatic rings. The number of carbonyl (C=O) groups excluding carboxylic acids is 1. The Hall–Kier alpha value is -1.84. The van der Waals surface area contributed by atoms with Crippen molar-refractivity contribution >= 4 is 17.0 Å². The number of fused-ring (bicyclic) bond motifs is 1. The van der Waals surface area contributed by atoms with Crippen LogP contribution >= 0.6 is 0 Å². The minimum Gasteiger partial charge on any atom is -0.468 e. The SMILES string of the molecule is CCCc1nc2ccccc2n1CC(=O)OC. The number of ether oxygens (including phenoxy) is 1. The molecule has 0 radical (unpaired) electrons. The van der Waals surface area contributed by atoms with Crippen molar-refractivity contribution in [3.63, 3.8) is 0 Å². The minimum absolute atomic E-state index is 0.229. The number of aryl methyl sites for hydroxylation is 1. The monoisotopic (exact) mass is 232 g/mol. The van der Waals surface area contributed by atoms with Gasteiger partial charge in [-0.25, -0.2) is 4.98 Å². The Kier molecular flexibility index (Phi) is 3.42. The molecule has 0 amide bonds. The van der Waals surface area contributed by atoms with Crippen molar-refractivity contribution in [3.8, 4) is 0 Å². The number of aromatic nitrogens is 2. The van der Waals surface area contributed by atoms with Crippen LogP contribution in [0.4, 0.5) is 0 Å². The van der Waals surface area contributed by atoms with Gasteiger partial charge in [-0.1, -0.05) is 19.1 Å². The summed E-state index contributed by atoms with van der Waals surface area (Å²) in [6, 6.07) is 7.84. The molecule has 2 aromatic rings. The van der Waals surface area contributed by atoms with E-state index in [4.69, 9.17) is 4.74 Å². The summed E-state index contributed by atoms with van der Waals surface area (Å²) in [5.74, 6) is 0.699. The molecule has 0 saturated heterocycles. The van der Waals surface area contributed by atoms with E-state index < -0.39 is 0 Å². The normalized spacial score (nSPS) is 10.7. The molecule has 0 saturated carbocycles. The van der Waals surface area contributed by atoms with Gasteiger partial charge in [0.1, 0.15) is 12.4 Å². The van der Waals surface area contributed by atoms with Gasteiger partial charge in [-0.3, -0.25) is 4.79 Å². The van der Waals surface area contributed by atoms with Crippen LogP contribution in [0, 0.1) is 0 Å². The molecule has 90 valence electrons. The first kappa shape index (κ1) is 11.6. The molecule has 1 aromatic heterocycles. The van der Waals surface area contributed by atoms with E-state index in [1.807, 2.05) is 28.8 Å². The summed E-state index contributed by atoms with van der Waals surface area (Å²) >= 11 is 0. The second-order valence-corrected chi connectivity index (χ2v) is 3.93. The van der Waals surface area contributed by atoms with E-state index in [1.165, 1.54) is 7.11 Å². The highest BCUT2D eigenvalue weighted by atomic mass is 16.5. The van der Waals surface area contributed by atoms with Crippen LogP contribution in [0.3, 0.4) is 0 Å². The van der Waals surface area contributed by atoms with Crippen molar-refractivity contribution in [1.82, 2.24) is 9.55 Å². The maximum absolute atomic E-state index is 11.4. The summed E-state index contributed by atoms with van der Waals surface area (Å²) in [6.07, 6.45) is 1.87. The molecule has 0 unspecified atom stereocenters. The van der Waals surface area contributed by atoms with Crippen molar-refractivity contribution in [2.75, 3.05) is 7.11 Å². The van der Waals surface area contributed by atoms with Crippen molar-refractivity contribution < 1.29 is 9.53 Å². The Morgan fingerprint density at radius 2 is 2.18 bits per heavy atom. The van der Waals surface area contributed by atoms with E-state index in [0.717, 1.165) is 29.7 Å². The minimum atomic E-state index is -0.245. The van der Waals surface area contributed by atoms with E-state index in [0.29, 0.717) is 0 Å². The lowest BCUT2D eigenvalue weighted by Gasteiger charge is -2.06. The smallest absolute Gasteiger partial charge is 0.325 e. The van der Waals surface area contributed by atoms with Crippen LogP contribution in [0.25, 0.3) is 11.0 Å². The first-order chi connectivity index (χ1) is 8.26. The summed E-state index contributed by atoms with van der Waals surface area (Å²) < 4.78 is 6.65. The van der Waals surface area contributed by atoms with Crippen LogP contribution in [0.1, 0.15) is 19.2 Å². The van der Waals surface area contributed by atoms with Gasteiger partial charge in [0, 0.05) is 6.42 Å². The topological polar surface area (TPSA) is 44.1 Å². The lowest BCUT2D eigenvalue weighted by Crippen LogP contribution is -2.14. The van der Waals surface area contributed by atoms with Crippen LogP contribution in [0.15, 0.2) is 24.3 Å². The summed E-state index contributed by atoms with van der Waals surface area (Å²) in [6.45, 7) is 2.33. The number of methoxy groups -OCH3 is 1. The van der Waals surface area contributed by atoms with Crippen LogP contribution in [0.2, 0.25) is 0 Å². The van der Waals surface area contributed by atoms with Crippen molar-refractivity contribution in [2.24, 2.45) is 0 Å². The number of esters is 1. The molecule has 0 fully saturated rings. The van der Waals surface area contributed by atoms with E-state index in [-0.39, 0.29) is 12.5 Å². The highest BCUT2D eigenvalue weighted by Crippen LogP contribution is 2.17. The van der Waals surface area contributed by atoms with Crippen molar-refractivity contribution in [1.29, 1.82) is 0 Å². The van der Waals surface area contributed by atoms with Crippen molar-refractivity contribution in [3.05, 3.63) is 30.1 Å². The molecular weight excluding hydrogens is 216 g/mol. The maximum Gasteiger partial charge on any atom is 0.325 e. The fourth-order valence-electron chi connectivity index (χ4n) is 1.91. The third-order valence-corrected chi connectivity index (χ3v) is 2.72. The van der Waals surface area contributed by atoms with E-state index in [1.54, 1.807) is 0 Å². The predicted octanol–water partition coefficient (Wildman–Crippen LogP) is 2.16. The van der Waals surface area contributed by atoms with Gasteiger partial charge in [0.2, 0.25) is 0 Å². The predicted molar refractivity (Wildman–Crippen MR) is 65.7 cm³/mol. The molecule has 0 N–H and O–H groups in total. The highest BCUT2D eigenvalue weighted by molar-refractivity contribution is 5.78. The Balaban J connectivity index is 2.47. The van der Waals surface area contributed by atoms with Crippen LogP contribution < -0.4 is 0 Å². The molecule has 0 aliphatic heterocycles. The average Bonchev–Trinajstić information content (AvgIpc) is 2.68. The fourth-order valence-corrected chi connectivity index (χ4v) is 1.91. The number of imidazole rings is 1. The van der Waals surface area contributed by atoms with E-state index in [9.17, 15) is 4.79 Å². The Bertz CT molecular complexity index is 531. The van der Waals surface area contributed by atoms with Crippen LogP contribution in [-0.4, -0.2) is 22.6 Å². The number of hydrogen-bond donors (Lipinski definition) is 0. The second kappa shape index (κ2) is 4.99. The van der Waals surface area contributed by atoms with Gasteiger partial charge in [-0.15, -0.1) is 0 Å². The highest BCUT2D eigenvalue weighted by Gasteiger charge is 2.12. The Morgan fingerprint density at radius 1 is 1.41 bits per heavy atom. The zero-order chi connectivity index (χ0) is 12.3. The third kappa shape index (κ3) is 2.30.